The summed E-state index contributed by atoms with van der Waals surface area (Å²) >= 11 is 1.45. The van der Waals surface area contributed by atoms with Gasteiger partial charge < -0.3 is 10.5 Å². The number of aromatic nitrogens is 4. The summed E-state index contributed by atoms with van der Waals surface area (Å²) in [5, 5.41) is 4.63. The van der Waals surface area contributed by atoms with Crippen LogP contribution in [0.1, 0.15) is 17.3 Å². The number of thioether (sulfide) groups is 1. The van der Waals surface area contributed by atoms with E-state index in [0.29, 0.717) is 11.8 Å². The first-order chi connectivity index (χ1) is 9.70. The predicted octanol–water partition coefficient (Wildman–Crippen LogP) is 1.22. The summed E-state index contributed by atoms with van der Waals surface area (Å²) < 4.78 is 6.68. The molecule has 0 unspecified atom stereocenters. The average Bonchev–Trinajstić information content (AvgIpc) is 2.92. The summed E-state index contributed by atoms with van der Waals surface area (Å²) in [6.07, 6.45) is 5.02. The molecule has 0 aromatic carbocycles. The summed E-state index contributed by atoms with van der Waals surface area (Å²) in [5.41, 5.74) is 5.93. The maximum atomic E-state index is 11.5. The number of rotatable bonds is 6. The minimum atomic E-state index is -0.502. The smallest absolute Gasteiger partial charge is 0.343 e. The quantitative estimate of drug-likeness (QED) is 0.486. The van der Waals surface area contributed by atoms with Gasteiger partial charge in [0.25, 0.3) is 0 Å². The van der Waals surface area contributed by atoms with Crippen molar-refractivity contribution in [1.29, 1.82) is 0 Å². The Balaban J connectivity index is 1.93. The van der Waals surface area contributed by atoms with E-state index >= 15 is 0 Å². The first-order valence-corrected chi connectivity index (χ1v) is 7.09. The number of aryl methyl sites for hydroxylation is 1. The van der Waals surface area contributed by atoms with E-state index in [2.05, 4.69) is 15.1 Å². The van der Waals surface area contributed by atoms with Crippen molar-refractivity contribution in [3.05, 3.63) is 30.2 Å². The Morgan fingerprint density at radius 2 is 2.40 bits per heavy atom. The van der Waals surface area contributed by atoms with Crippen LogP contribution in [0.15, 0.2) is 29.8 Å². The van der Waals surface area contributed by atoms with Crippen LogP contribution in [0.3, 0.4) is 0 Å². The van der Waals surface area contributed by atoms with E-state index in [4.69, 9.17) is 10.5 Å². The molecule has 0 saturated heterocycles. The predicted molar refractivity (Wildman–Crippen MR) is 75.4 cm³/mol. The van der Waals surface area contributed by atoms with Crippen LogP contribution in [0.25, 0.3) is 0 Å². The molecular formula is C12H15N5O2S. The third-order valence-corrected chi connectivity index (χ3v) is 3.24. The topological polar surface area (TPSA) is 95.9 Å². The number of hydrogen-bond donors (Lipinski definition) is 1. The van der Waals surface area contributed by atoms with Crippen molar-refractivity contribution in [2.24, 2.45) is 0 Å². The molecule has 0 aliphatic heterocycles. The summed E-state index contributed by atoms with van der Waals surface area (Å²) in [6.45, 7) is 2.77. The number of carbonyl (C=O) groups excluding carboxylic acids is 1. The molecule has 0 saturated carbocycles. The molecule has 0 spiro atoms. The Bertz CT molecular complexity index is 573. The molecule has 106 valence electrons. The monoisotopic (exact) mass is 293 g/mol. The van der Waals surface area contributed by atoms with Crippen LogP contribution < -0.4 is 5.73 Å². The zero-order valence-electron chi connectivity index (χ0n) is 11.0. The number of nitrogens with two attached hydrogens (primary N) is 1. The lowest BCUT2D eigenvalue weighted by Crippen LogP contribution is -2.11. The fourth-order valence-electron chi connectivity index (χ4n) is 1.48. The van der Waals surface area contributed by atoms with Crippen LogP contribution in [-0.2, 0) is 11.3 Å². The van der Waals surface area contributed by atoms with Crippen LogP contribution in [0.4, 0.5) is 5.82 Å². The van der Waals surface area contributed by atoms with Gasteiger partial charge in [0.1, 0.15) is 11.4 Å². The van der Waals surface area contributed by atoms with Crippen LogP contribution >= 0.6 is 11.8 Å². The van der Waals surface area contributed by atoms with Crippen molar-refractivity contribution >= 4 is 23.5 Å². The Hall–Kier alpha value is -2.09. The number of anilines is 1. The van der Waals surface area contributed by atoms with Crippen molar-refractivity contribution < 1.29 is 9.53 Å². The van der Waals surface area contributed by atoms with Crippen LogP contribution in [0.2, 0.25) is 0 Å². The molecule has 2 aromatic rings. The average molecular weight is 293 g/mol. The molecule has 20 heavy (non-hydrogen) atoms. The molecule has 0 radical (unpaired) electrons. The van der Waals surface area contributed by atoms with Crippen molar-refractivity contribution in [2.45, 2.75) is 18.6 Å². The number of hydrogen-bond acceptors (Lipinski definition) is 7. The van der Waals surface area contributed by atoms with E-state index in [1.807, 2.05) is 16.9 Å². The van der Waals surface area contributed by atoms with Gasteiger partial charge in [0, 0.05) is 24.3 Å². The number of esters is 1. The third-order valence-electron chi connectivity index (χ3n) is 2.40. The zero-order chi connectivity index (χ0) is 14.4. The summed E-state index contributed by atoms with van der Waals surface area (Å²) in [7, 11) is 0. The fourth-order valence-corrected chi connectivity index (χ4v) is 2.23. The van der Waals surface area contributed by atoms with E-state index in [0.717, 1.165) is 12.3 Å². The first-order valence-electron chi connectivity index (χ1n) is 6.10. The van der Waals surface area contributed by atoms with Gasteiger partial charge in [-0.05, 0) is 13.0 Å². The zero-order valence-corrected chi connectivity index (χ0v) is 11.8. The SMILES string of the molecule is CCOC(=O)c1cnc(SCCn2cccn2)nc1N. The van der Waals surface area contributed by atoms with E-state index in [1.165, 1.54) is 18.0 Å². The molecule has 2 aromatic heterocycles. The van der Waals surface area contributed by atoms with Gasteiger partial charge in [-0.3, -0.25) is 4.68 Å². The minimum absolute atomic E-state index is 0.139. The molecule has 2 heterocycles. The second-order valence-corrected chi connectivity index (χ2v) is 4.85. The van der Waals surface area contributed by atoms with Gasteiger partial charge >= 0.3 is 5.97 Å². The Morgan fingerprint density at radius 1 is 1.55 bits per heavy atom. The van der Waals surface area contributed by atoms with E-state index in [9.17, 15) is 4.79 Å². The van der Waals surface area contributed by atoms with Crippen molar-refractivity contribution in [3.63, 3.8) is 0 Å². The maximum Gasteiger partial charge on any atom is 0.343 e. The summed E-state index contributed by atoms with van der Waals surface area (Å²) in [6, 6.07) is 1.87. The Kier molecular flexibility index (Phi) is 4.94. The van der Waals surface area contributed by atoms with Crippen molar-refractivity contribution in [2.75, 3.05) is 18.1 Å². The highest BCUT2D eigenvalue weighted by Gasteiger charge is 2.13. The third kappa shape index (κ3) is 3.70. The molecule has 2 rings (SSSR count). The van der Waals surface area contributed by atoms with E-state index < -0.39 is 5.97 Å². The number of carbonyl (C=O) groups is 1. The second-order valence-electron chi connectivity index (χ2n) is 3.79. The van der Waals surface area contributed by atoms with Gasteiger partial charge in [-0.1, -0.05) is 11.8 Å². The largest absolute Gasteiger partial charge is 0.462 e. The van der Waals surface area contributed by atoms with Gasteiger partial charge in [-0.15, -0.1) is 0 Å². The number of ether oxygens (including phenoxy) is 1. The molecular weight excluding hydrogens is 278 g/mol. The second kappa shape index (κ2) is 6.90. The van der Waals surface area contributed by atoms with Gasteiger partial charge in [0.05, 0.1) is 13.2 Å². The highest BCUT2D eigenvalue weighted by atomic mass is 32.2. The molecule has 0 amide bonds. The Morgan fingerprint density at radius 3 is 3.05 bits per heavy atom. The molecule has 0 fully saturated rings. The lowest BCUT2D eigenvalue weighted by molar-refractivity contribution is 0.0526. The molecule has 8 heteroatoms. The minimum Gasteiger partial charge on any atom is -0.462 e. The lowest BCUT2D eigenvalue weighted by atomic mass is 10.3. The fraction of sp³-hybridized carbons (Fsp3) is 0.333. The van der Waals surface area contributed by atoms with Crippen LogP contribution in [0.5, 0.6) is 0 Å². The molecule has 0 atom stereocenters. The molecule has 0 aliphatic carbocycles. The van der Waals surface area contributed by atoms with Gasteiger partial charge in [0.2, 0.25) is 0 Å². The highest BCUT2D eigenvalue weighted by Crippen LogP contribution is 2.17. The molecule has 7 nitrogen and oxygen atoms in total. The van der Waals surface area contributed by atoms with Crippen LogP contribution in [-0.4, -0.2) is 38.1 Å². The van der Waals surface area contributed by atoms with E-state index in [1.54, 1.807) is 13.1 Å². The summed E-state index contributed by atoms with van der Waals surface area (Å²) in [5.74, 6) is 0.401. The van der Waals surface area contributed by atoms with Gasteiger partial charge in [-0.2, -0.15) is 5.10 Å². The Labute approximate surface area is 120 Å². The normalized spacial score (nSPS) is 10.4. The maximum absolute atomic E-state index is 11.5. The molecule has 0 bridgehead atoms. The molecule has 2 N–H and O–H groups in total. The van der Waals surface area contributed by atoms with Gasteiger partial charge in [0.15, 0.2) is 5.16 Å². The molecule has 0 aliphatic rings. The van der Waals surface area contributed by atoms with Crippen molar-refractivity contribution in [1.82, 2.24) is 19.7 Å². The number of nitrogens with zero attached hydrogens (tertiary/aromatic N) is 4. The van der Waals surface area contributed by atoms with E-state index in [-0.39, 0.29) is 11.4 Å². The number of nitrogen functional groups attached to an aromatic ring is 1. The van der Waals surface area contributed by atoms with Crippen molar-refractivity contribution in [3.8, 4) is 0 Å². The van der Waals surface area contributed by atoms with Crippen LogP contribution in [0, 0.1) is 0 Å². The van der Waals surface area contributed by atoms with Gasteiger partial charge in [-0.25, -0.2) is 14.8 Å². The standard InChI is InChI=1S/C12H15N5O2S/c1-2-19-11(18)9-8-14-12(16-10(9)13)20-7-6-17-5-3-4-15-17/h3-5,8H,2,6-7H2,1H3,(H2,13,14,16). The summed E-state index contributed by atoms with van der Waals surface area (Å²) in [4.78, 5) is 19.7. The first kappa shape index (κ1) is 14.3. The highest BCUT2D eigenvalue weighted by molar-refractivity contribution is 7.99. The lowest BCUT2D eigenvalue weighted by Gasteiger charge is -2.06.